The van der Waals surface area contributed by atoms with E-state index in [9.17, 15) is 9.59 Å². The van der Waals surface area contributed by atoms with Crippen LogP contribution in [0.4, 0.5) is 5.69 Å². The summed E-state index contributed by atoms with van der Waals surface area (Å²) in [4.78, 5) is 29.9. The number of nitrogens with one attached hydrogen (secondary N) is 1. The van der Waals surface area contributed by atoms with Gasteiger partial charge in [0.05, 0.1) is 5.69 Å². The van der Waals surface area contributed by atoms with Crippen LogP contribution in [0.5, 0.6) is 0 Å². The Morgan fingerprint density at radius 1 is 1.15 bits per heavy atom. The molecule has 27 heavy (non-hydrogen) atoms. The Bertz CT molecular complexity index is 1070. The number of benzene rings is 1. The molecule has 0 saturated heterocycles. The number of nitrogens with zero attached hydrogens (tertiary/aromatic N) is 4. The van der Waals surface area contributed by atoms with Crippen LogP contribution in [0.1, 0.15) is 22.6 Å². The van der Waals surface area contributed by atoms with E-state index in [0.29, 0.717) is 27.9 Å². The molecule has 1 amide bonds. The second-order valence-electron chi connectivity index (χ2n) is 6.41. The molecule has 0 spiro atoms. The fraction of sp³-hybridized carbons (Fsp3) is 0.263. The molecule has 8 heteroatoms. The molecule has 140 valence electrons. The van der Waals surface area contributed by atoms with Crippen molar-refractivity contribution in [3.8, 4) is 5.95 Å². The molecule has 1 aromatic carbocycles. The first kappa shape index (κ1) is 18.8. The SMILES string of the molecule is Cc1cc(C)n(-c2nc(C)c(C)c(=O)n2CC(=O)Nc2ccc(Cl)cc2)n1. The normalized spacial score (nSPS) is 10.9. The van der Waals surface area contributed by atoms with Gasteiger partial charge in [0.15, 0.2) is 0 Å². The second kappa shape index (κ2) is 7.36. The highest BCUT2D eigenvalue weighted by atomic mass is 35.5. The molecular formula is C19H20ClN5O2. The first-order valence-electron chi connectivity index (χ1n) is 8.43. The van der Waals surface area contributed by atoms with Crippen molar-refractivity contribution in [1.82, 2.24) is 19.3 Å². The van der Waals surface area contributed by atoms with E-state index in [-0.39, 0.29) is 18.0 Å². The molecular weight excluding hydrogens is 366 g/mol. The van der Waals surface area contributed by atoms with Gasteiger partial charge in [-0.1, -0.05) is 11.6 Å². The lowest BCUT2D eigenvalue weighted by molar-refractivity contribution is -0.116. The highest BCUT2D eigenvalue weighted by molar-refractivity contribution is 6.30. The molecule has 7 nitrogen and oxygen atoms in total. The van der Waals surface area contributed by atoms with Gasteiger partial charge < -0.3 is 5.32 Å². The summed E-state index contributed by atoms with van der Waals surface area (Å²) in [5, 5.41) is 7.74. The summed E-state index contributed by atoms with van der Waals surface area (Å²) < 4.78 is 2.92. The van der Waals surface area contributed by atoms with Crippen molar-refractivity contribution < 1.29 is 4.79 Å². The topological polar surface area (TPSA) is 81.8 Å². The minimum absolute atomic E-state index is 0.177. The van der Waals surface area contributed by atoms with Crippen molar-refractivity contribution in [1.29, 1.82) is 0 Å². The number of hydrogen-bond acceptors (Lipinski definition) is 4. The van der Waals surface area contributed by atoms with Gasteiger partial charge in [0.1, 0.15) is 6.54 Å². The number of aromatic nitrogens is 4. The number of hydrogen-bond donors (Lipinski definition) is 1. The molecule has 1 N–H and O–H groups in total. The summed E-state index contributed by atoms with van der Waals surface area (Å²) in [6.07, 6.45) is 0. The maximum atomic E-state index is 12.8. The van der Waals surface area contributed by atoms with Crippen molar-refractivity contribution in [3.63, 3.8) is 0 Å². The molecule has 0 aliphatic heterocycles. The average molecular weight is 386 g/mol. The smallest absolute Gasteiger partial charge is 0.258 e. The van der Waals surface area contributed by atoms with E-state index in [2.05, 4.69) is 15.4 Å². The Morgan fingerprint density at radius 2 is 1.81 bits per heavy atom. The van der Waals surface area contributed by atoms with Crippen LogP contribution in [-0.4, -0.2) is 25.2 Å². The van der Waals surface area contributed by atoms with E-state index in [4.69, 9.17) is 11.6 Å². The summed E-state index contributed by atoms with van der Waals surface area (Å²) in [6, 6.07) is 8.65. The Balaban J connectivity index is 2.00. The summed E-state index contributed by atoms with van der Waals surface area (Å²) in [5.74, 6) is -0.0211. The van der Waals surface area contributed by atoms with Gasteiger partial charge in [0.2, 0.25) is 11.9 Å². The molecule has 2 heterocycles. The van der Waals surface area contributed by atoms with Gasteiger partial charge in [-0.25, -0.2) is 9.67 Å². The first-order chi connectivity index (χ1) is 12.8. The summed E-state index contributed by atoms with van der Waals surface area (Å²) in [5.41, 5.74) is 3.07. The van der Waals surface area contributed by atoms with Crippen LogP contribution in [0.15, 0.2) is 35.1 Å². The number of amides is 1. The predicted molar refractivity (Wildman–Crippen MR) is 105 cm³/mol. The third-order valence-electron chi connectivity index (χ3n) is 4.25. The van der Waals surface area contributed by atoms with Gasteiger partial charge in [-0.15, -0.1) is 0 Å². The predicted octanol–water partition coefficient (Wildman–Crippen LogP) is 2.95. The average Bonchev–Trinajstić information content (AvgIpc) is 2.95. The van der Waals surface area contributed by atoms with E-state index < -0.39 is 0 Å². The zero-order chi connectivity index (χ0) is 19.7. The van der Waals surface area contributed by atoms with E-state index in [1.54, 1.807) is 42.8 Å². The van der Waals surface area contributed by atoms with E-state index in [1.807, 2.05) is 19.9 Å². The van der Waals surface area contributed by atoms with Gasteiger partial charge in [-0.05, 0) is 58.0 Å². The largest absolute Gasteiger partial charge is 0.325 e. The highest BCUT2D eigenvalue weighted by Crippen LogP contribution is 2.14. The quantitative estimate of drug-likeness (QED) is 0.748. The minimum Gasteiger partial charge on any atom is -0.325 e. The van der Waals surface area contributed by atoms with Crippen LogP contribution in [0.3, 0.4) is 0 Å². The summed E-state index contributed by atoms with van der Waals surface area (Å²) >= 11 is 5.86. The van der Waals surface area contributed by atoms with Gasteiger partial charge in [-0.2, -0.15) is 5.10 Å². The Hall–Kier alpha value is -2.93. The third-order valence-corrected chi connectivity index (χ3v) is 4.50. The van der Waals surface area contributed by atoms with Crippen LogP contribution in [0.2, 0.25) is 5.02 Å². The maximum Gasteiger partial charge on any atom is 0.258 e. The molecule has 2 aromatic heterocycles. The summed E-state index contributed by atoms with van der Waals surface area (Å²) in [6.45, 7) is 7.02. The fourth-order valence-corrected chi connectivity index (χ4v) is 2.88. The van der Waals surface area contributed by atoms with E-state index in [0.717, 1.165) is 11.4 Å². The minimum atomic E-state index is -0.341. The number of rotatable bonds is 4. The van der Waals surface area contributed by atoms with Crippen LogP contribution in [0.25, 0.3) is 5.95 Å². The van der Waals surface area contributed by atoms with Crippen molar-refractivity contribution in [3.05, 3.63) is 68.4 Å². The molecule has 0 radical (unpaired) electrons. The molecule has 0 aliphatic carbocycles. The monoisotopic (exact) mass is 385 g/mol. The Morgan fingerprint density at radius 3 is 2.41 bits per heavy atom. The molecule has 3 aromatic rings. The third kappa shape index (κ3) is 3.93. The standard InChI is InChI=1S/C19H20ClN5O2/c1-11-9-12(2)25(23-11)19-21-14(4)13(3)18(27)24(19)10-17(26)22-16-7-5-15(20)6-8-16/h5-9H,10H2,1-4H3,(H,22,26). The molecule has 0 fully saturated rings. The van der Waals surface area contributed by atoms with Crippen LogP contribution in [-0.2, 0) is 11.3 Å². The molecule has 0 atom stereocenters. The maximum absolute atomic E-state index is 12.8. The Kier molecular flexibility index (Phi) is 5.14. The Labute approximate surface area is 161 Å². The van der Waals surface area contributed by atoms with Crippen molar-refractivity contribution in [2.45, 2.75) is 34.2 Å². The zero-order valence-corrected chi connectivity index (χ0v) is 16.3. The molecule has 0 aliphatic rings. The zero-order valence-electron chi connectivity index (χ0n) is 15.6. The van der Waals surface area contributed by atoms with Gasteiger partial charge in [0, 0.05) is 27.7 Å². The highest BCUT2D eigenvalue weighted by Gasteiger charge is 2.18. The van der Waals surface area contributed by atoms with Crippen LogP contribution >= 0.6 is 11.6 Å². The van der Waals surface area contributed by atoms with E-state index >= 15 is 0 Å². The first-order valence-corrected chi connectivity index (χ1v) is 8.81. The molecule has 0 saturated carbocycles. The van der Waals surface area contributed by atoms with Crippen LogP contribution < -0.4 is 10.9 Å². The van der Waals surface area contributed by atoms with Gasteiger partial charge in [0.25, 0.3) is 5.56 Å². The van der Waals surface area contributed by atoms with Crippen molar-refractivity contribution in [2.24, 2.45) is 0 Å². The van der Waals surface area contributed by atoms with E-state index in [1.165, 1.54) is 4.57 Å². The lowest BCUT2D eigenvalue weighted by atomic mass is 10.2. The van der Waals surface area contributed by atoms with Crippen molar-refractivity contribution >= 4 is 23.2 Å². The fourth-order valence-electron chi connectivity index (χ4n) is 2.76. The molecule has 0 unspecified atom stereocenters. The lowest BCUT2D eigenvalue weighted by Gasteiger charge is -2.15. The summed E-state index contributed by atoms with van der Waals surface area (Å²) in [7, 11) is 0. The number of anilines is 1. The van der Waals surface area contributed by atoms with Crippen molar-refractivity contribution in [2.75, 3.05) is 5.32 Å². The number of carbonyl (C=O) groups is 1. The number of aryl methyl sites for hydroxylation is 3. The second-order valence-corrected chi connectivity index (χ2v) is 6.84. The lowest BCUT2D eigenvalue weighted by Crippen LogP contribution is -2.33. The molecule has 3 rings (SSSR count). The van der Waals surface area contributed by atoms with Gasteiger partial charge >= 0.3 is 0 Å². The van der Waals surface area contributed by atoms with Crippen LogP contribution in [0, 0.1) is 27.7 Å². The molecule has 0 bridgehead atoms. The number of carbonyl (C=O) groups excluding carboxylic acids is 1. The van der Waals surface area contributed by atoms with Gasteiger partial charge in [-0.3, -0.25) is 14.2 Å². The number of halogens is 1.